The summed E-state index contributed by atoms with van der Waals surface area (Å²) in [6, 6.07) is 14.9. The van der Waals surface area contributed by atoms with Crippen molar-refractivity contribution in [3.8, 4) is 0 Å². The van der Waals surface area contributed by atoms with Crippen molar-refractivity contribution in [1.82, 2.24) is 5.32 Å². The number of likely N-dealkylation sites (N-methyl/N-ethyl adjacent to an activating group) is 1. The van der Waals surface area contributed by atoms with Crippen LogP contribution in [0.25, 0.3) is 10.8 Å². The van der Waals surface area contributed by atoms with Crippen LogP contribution in [0, 0.1) is 0 Å². The maximum atomic E-state index is 10.5. The lowest BCUT2D eigenvalue weighted by Crippen LogP contribution is -2.28. The SMILES string of the molecule is CCCCC(O)C(CNC)c1ccc2ccccc2c1. The predicted octanol–water partition coefficient (Wildman–Crippen LogP) is 3.69. The third-order valence-electron chi connectivity index (χ3n) is 3.94. The van der Waals surface area contributed by atoms with Crippen LogP contribution in [0.4, 0.5) is 0 Å². The zero-order valence-corrected chi connectivity index (χ0v) is 12.5. The topological polar surface area (TPSA) is 32.3 Å². The molecule has 0 aliphatic heterocycles. The van der Waals surface area contributed by atoms with Crippen LogP contribution < -0.4 is 5.32 Å². The summed E-state index contributed by atoms with van der Waals surface area (Å²) in [6.07, 6.45) is 2.80. The molecule has 108 valence electrons. The fourth-order valence-electron chi connectivity index (χ4n) is 2.75. The molecule has 0 aliphatic carbocycles. The Morgan fingerprint density at radius 2 is 1.85 bits per heavy atom. The zero-order valence-electron chi connectivity index (χ0n) is 12.5. The fourth-order valence-corrected chi connectivity index (χ4v) is 2.75. The number of aliphatic hydroxyl groups is 1. The van der Waals surface area contributed by atoms with Crippen LogP contribution in [-0.2, 0) is 0 Å². The molecule has 0 aromatic heterocycles. The molecule has 2 aromatic carbocycles. The van der Waals surface area contributed by atoms with Crippen molar-refractivity contribution in [2.75, 3.05) is 13.6 Å². The molecule has 2 N–H and O–H groups in total. The lowest BCUT2D eigenvalue weighted by Gasteiger charge is -2.23. The van der Waals surface area contributed by atoms with E-state index in [2.05, 4.69) is 54.7 Å². The smallest absolute Gasteiger partial charge is 0.0620 e. The highest BCUT2D eigenvalue weighted by molar-refractivity contribution is 5.83. The Morgan fingerprint density at radius 3 is 2.55 bits per heavy atom. The third-order valence-corrected chi connectivity index (χ3v) is 3.94. The van der Waals surface area contributed by atoms with E-state index in [-0.39, 0.29) is 12.0 Å². The average molecular weight is 271 g/mol. The average Bonchev–Trinajstić information content (AvgIpc) is 2.49. The predicted molar refractivity (Wildman–Crippen MR) is 86.1 cm³/mol. The van der Waals surface area contributed by atoms with Gasteiger partial charge in [0.1, 0.15) is 0 Å². The van der Waals surface area contributed by atoms with Crippen molar-refractivity contribution in [2.24, 2.45) is 0 Å². The minimum absolute atomic E-state index is 0.163. The van der Waals surface area contributed by atoms with Crippen molar-refractivity contribution < 1.29 is 5.11 Å². The van der Waals surface area contributed by atoms with Crippen molar-refractivity contribution in [1.29, 1.82) is 0 Å². The van der Waals surface area contributed by atoms with Crippen LogP contribution in [0.1, 0.15) is 37.7 Å². The first-order valence-corrected chi connectivity index (χ1v) is 7.57. The maximum Gasteiger partial charge on any atom is 0.0620 e. The molecule has 2 nitrogen and oxygen atoms in total. The second-order valence-corrected chi connectivity index (χ2v) is 5.48. The fraction of sp³-hybridized carbons (Fsp3) is 0.444. The summed E-state index contributed by atoms with van der Waals surface area (Å²) in [5, 5.41) is 16.2. The Hall–Kier alpha value is -1.38. The van der Waals surface area contributed by atoms with E-state index in [1.54, 1.807) is 0 Å². The number of aliphatic hydroxyl groups excluding tert-OH is 1. The minimum atomic E-state index is -0.274. The van der Waals surface area contributed by atoms with E-state index in [0.29, 0.717) is 0 Å². The Kier molecular flexibility index (Phi) is 5.57. The monoisotopic (exact) mass is 271 g/mol. The van der Waals surface area contributed by atoms with Gasteiger partial charge < -0.3 is 10.4 Å². The van der Waals surface area contributed by atoms with Crippen molar-refractivity contribution in [3.63, 3.8) is 0 Å². The molecular weight excluding hydrogens is 246 g/mol. The van der Waals surface area contributed by atoms with Gasteiger partial charge in [-0.3, -0.25) is 0 Å². The van der Waals surface area contributed by atoms with Gasteiger partial charge in [-0.05, 0) is 29.8 Å². The lowest BCUT2D eigenvalue weighted by atomic mass is 9.89. The summed E-state index contributed by atoms with van der Waals surface area (Å²) >= 11 is 0. The Morgan fingerprint density at radius 1 is 1.10 bits per heavy atom. The van der Waals surface area contributed by atoms with E-state index in [9.17, 15) is 5.11 Å². The first kappa shape index (κ1) is 15.0. The summed E-state index contributed by atoms with van der Waals surface area (Å²) in [4.78, 5) is 0. The van der Waals surface area contributed by atoms with Gasteiger partial charge in [-0.1, -0.05) is 62.2 Å². The molecule has 2 atom stereocenters. The van der Waals surface area contributed by atoms with Gasteiger partial charge in [-0.25, -0.2) is 0 Å². The van der Waals surface area contributed by atoms with E-state index in [0.717, 1.165) is 25.8 Å². The third kappa shape index (κ3) is 3.59. The number of rotatable bonds is 7. The van der Waals surface area contributed by atoms with E-state index in [1.165, 1.54) is 16.3 Å². The lowest BCUT2D eigenvalue weighted by molar-refractivity contribution is 0.130. The first-order chi connectivity index (χ1) is 9.76. The molecule has 0 saturated carbocycles. The van der Waals surface area contributed by atoms with E-state index in [4.69, 9.17) is 0 Å². The van der Waals surface area contributed by atoms with Crippen LogP contribution >= 0.6 is 0 Å². The second kappa shape index (κ2) is 7.41. The molecule has 2 heteroatoms. The molecule has 0 aliphatic rings. The first-order valence-electron chi connectivity index (χ1n) is 7.57. The highest BCUT2D eigenvalue weighted by Gasteiger charge is 2.20. The maximum absolute atomic E-state index is 10.5. The molecule has 0 amide bonds. The molecule has 20 heavy (non-hydrogen) atoms. The second-order valence-electron chi connectivity index (χ2n) is 5.48. The summed E-state index contributed by atoms with van der Waals surface area (Å²) in [6.45, 7) is 2.97. The zero-order chi connectivity index (χ0) is 14.4. The number of hydrogen-bond donors (Lipinski definition) is 2. The molecule has 2 rings (SSSR count). The van der Waals surface area contributed by atoms with Gasteiger partial charge in [0.05, 0.1) is 6.10 Å². The number of benzene rings is 2. The summed E-state index contributed by atoms with van der Waals surface area (Å²) in [5.41, 5.74) is 1.22. The van der Waals surface area contributed by atoms with Gasteiger partial charge in [0.15, 0.2) is 0 Å². The molecule has 0 radical (unpaired) electrons. The number of fused-ring (bicyclic) bond motifs is 1. The van der Waals surface area contributed by atoms with Gasteiger partial charge in [0.25, 0.3) is 0 Å². The van der Waals surface area contributed by atoms with Crippen LogP contribution in [0.15, 0.2) is 42.5 Å². The normalized spacial score (nSPS) is 14.3. The molecule has 2 aromatic rings. The van der Waals surface area contributed by atoms with Gasteiger partial charge in [-0.2, -0.15) is 0 Å². The highest BCUT2D eigenvalue weighted by Crippen LogP contribution is 2.26. The highest BCUT2D eigenvalue weighted by atomic mass is 16.3. The van der Waals surface area contributed by atoms with Crippen LogP contribution in [0.2, 0.25) is 0 Å². The van der Waals surface area contributed by atoms with Crippen LogP contribution in [0.3, 0.4) is 0 Å². The molecule has 0 fully saturated rings. The van der Waals surface area contributed by atoms with Crippen LogP contribution in [0.5, 0.6) is 0 Å². The summed E-state index contributed by atoms with van der Waals surface area (Å²) in [5.74, 6) is 0.163. The molecular formula is C18H25NO. The summed E-state index contributed by atoms with van der Waals surface area (Å²) < 4.78 is 0. The van der Waals surface area contributed by atoms with Gasteiger partial charge >= 0.3 is 0 Å². The van der Waals surface area contributed by atoms with Gasteiger partial charge in [0, 0.05) is 12.5 Å². The quantitative estimate of drug-likeness (QED) is 0.805. The molecule has 0 heterocycles. The van der Waals surface area contributed by atoms with Gasteiger partial charge in [-0.15, -0.1) is 0 Å². The Balaban J connectivity index is 2.25. The van der Waals surface area contributed by atoms with Crippen molar-refractivity contribution >= 4 is 10.8 Å². The molecule has 0 saturated heterocycles. The minimum Gasteiger partial charge on any atom is -0.392 e. The van der Waals surface area contributed by atoms with E-state index < -0.39 is 0 Å². The molecule has 0 bridgehead atoms. The number of nitrogens with one attached hydrogen (secondary N) is 1. The number of hydrogen-bond acceptors (Lipinski definition) is 2. The largest absolute Gasteiger partial charge is 0.392 e. The van der Waals surface area contributed by atoms with Crippen molar-refractivity contribution in [2.45, 2.75) is 38.2 Å². The molecule has 0 spiro atoms. The Labute approximate surface area is 121 Å². The van der Waals surface area contributed by atoms with Crippen molar-refractivity contribution in [3.05, 3.63) is 48.0 Å². The summed E-state index contributed by atoms with van der Waals surface area (Å²) in [7, 11) is 1.95. The van der Waals surface area contributed by atoms with E-state index >= 15 is 0 Å². The molecule has 2 unspecified atom stereocenters. The number of unbranched alkanes of at least 4 members (excludes halogenated alkanes) is 1. The van der Waals surface area contributed by atoms with Gasteiger partial charge in [0.2, 0.25) is 0 Å². The van der Waals surface area contributed by atoms with E-state index in [1.807, 2.05) is 7.05 Å². The Bertz CT molecular complexity index is 538. The van der Waals surface area contributed by atoms with Crippen LogP contribution in [-0.4, -0.2) is 24.8 Å². The standard InChI is InChI=1S/C18H25NO/c1-3-4-9-18(20)17(13-19-2)16-11-10-14-7-5-6-8-15(14)12-16/h5-8,10-12,17-20H,3-4,9,13H2,1-2H3.